The molecular weight excluding hydrogens is 366 g/mol. The number of aromatic nitrogens is 2. The first-order valence-electron chi connectivity index (χ1n) is 7.88. The first-order valence-corrected chi connectivity index (χ1v) is 8.29. The fraction of sp³-hybridized carbons (Fsp3) is 0.0526. The van der Waals surface area contributed by atoms with Gasteiger partial charge in [0.05, 0.1) is 24.0 Å². The third kappa shape index (κ3) is 3.70. The number of hydrogen-bond donors (Lipinski definition) is 2. The van der Waals surface area contributed by atoms with E-state index >= 15 is 0 Å². The summed E-state index contributed by atoms with van der Waals surface area (Å²) in [6, 6.07) is 15.4. The summed E-state index contributed by atoms with van der Waals surface area (Å²) in [6.45, 7) is 0. The van der Waals surface area contributed by atoms with Gasteiger partial charge in [0, 0.05) is 6.21 Å². The summed E-state index contributed by atoms with van der Waals surface area (Å²) < 4.78 is 6.10. The molecule has 0 unspecified atom stereocenters. The second-order valence-electron chi connectivity index (χ2n) is 5.43. The molecule has 0 saturated carbocycles. The first kappa shape index (κ1) is 18.3. The highest BCUT2D eigenvalue weighted by Crippen LogP contribution is 2.22. The highest BCUT2D eigenvalue weighted by atomic mass is 32.1. The zero-order valence-electron chi connectivity index (χ0n) is 14.2. The third-order valence-corrected chi connectivity index (χ3v) is 4.06. The molecule has 0 bridgehead atoms. The van der Waals surface area contributed by atoms with Gasteiger partial charge in [-0.05, 0) is 36.5 Å². The van der Waals surface area contributed by atoms with Gasteiger partial charge in [-0.2, -0.15) is 0 Å². The molecule has 3 aromatic rings. The quantitative estimate of drug-likeness (QED) is 0.411. The van der Waals surface area contributed by atoms with Crippen molar-refractivity contribution >= 4 is 30.1 Å². The van der Waals surface area contributed by atoms with Gasteiger partial charge < -0.3 is 9.84 Å². The van der Waals surface area contributed by atoms with E-state index in [-0.39, 0.29) is 21.8 Å². The summed E-state index contributed by atoms with van der Waals surface area (Å²) in [6.07, 6.45) is 1.18. The van der Waals surface area contributed by atoms with Gasteiger partial charge in [0.15, 0.2) is 4.77 Å². The van der Waals surface area contributed by atoms with Crippen LogP contribution in [-0.4, -0.2) is 34.0 Å². The summed E-state index contributed by atoms with van der Waals surface area (Å²) in [5.74, 6) is -0.907. The second kappa shape index (κ2) is 7.79. The molecule has 0 radical (unpaired) electrons. The molecule has 136 valence electrons. The van der Waals surface area contributed by atoms with Gasteiger partial charge in [0.2, 0.25) is 5.88 Å². The molecule has 8 heteroatoms. The molecule has 7 nitrogen and oxygen atoms in total. The number of hydrogen-bond acceptors (Lipinski definition) is 6. The van der Waals surface area contributed by atoms with Crippen LogP contribution in [-0.2, 0) is 4.74 Å². The van der Waals surface area contributed by atoms with Crippen LogP contribution in [0.3, 0.4) is 0 Å². The molecule has 2 aromatic carbocycles. The van der Waals surface area contributed by atoms with E-state index in [2.05, 4.69) is 9.98 Å². The Morgan fingerprint density at radius 3 is 2.56 bits per heavy atom. The minimum atomic E-state index is -0.594. The topological polar surface area (TPSA) is 96.7 Å². The average Bonchev–Trinajstić information content (AvgIpc) is 2.68. The molecule has 0 amide bonds. The number of aliphatic imine (C=N–C) groups is 1. The molecular formula is C19H15N3O4S. The average molecular weight is 381 g/mol. The first-order chi connectivity index (χ1) is 13.0. The number of carbonyl (C=O) groups is 1. The van der Waals surface area contributed by atoms with Gasteiger partial charge in [-0.15, -0.1) is 0 Å². The van der Waals surface area contributed by atoms with Crippen molar-refractivity contribution < 1.29 is 14.6 Å². The van der Waals surface area contributed by atoms with Gasteiger partial charge in [-0.25, -0.2) is 4.79 Å². The number of ether oxygens (including phenoxy) is 1. The lowest BCUT2D eigenvalue weighted by molar-refractivity contribution is 0.0601. The van der Waals surface area contributed by atoms with Gasteiger partial charge in [-0.3, -0.25) is 19.3 Å². The molecule has 1 heterocycles. The summed E-state index contributed by atoms with van der Waals surface area (Å²) >= 11 is 5.16. The molecule has 1 aromatic heterocycles. The SMILES string of the molecule is COC(=O)c1ccccc1N=Cc1c(O)n(-c2ccccc2)c(=S)[nH]c1=O. The molecule has 0 aliphatic carbocycles. The van der Waals surface area contributed by atoms with E-state index in [9.17, 15) is 14.7 Å². The zero-order chi connectivity index (χ0) is 19.4. The van der Waals surface area contributed by atoms with E-state index in [0.29, 0.717) is 11.4 Å². The highest BCUT2D eigenvalue weighted by Gasteiger charge is 2.14. The summed E-state index contributed by atoms with van der Waals surface area (Å²) in [5, 5.41) is 10.6. The van der Waals surface area contributed by atoms with E-state index in [1.165, 1.54) is 17.9 Å². The number of nitrogens with zero attached hydrogens (tertiary/aromatic N) is 2. The van der Waals surface area contributed by atoms with Gasteiger partial charge >= 0.3 is 5.97 Å². The largest absolute Gasteiger partial charge is 0.494 e. The van der Waals surface area contributed by atoms with E-state index in [1.54, 1.807) is 48.5 Å². The lowest BCUT2D eigenvalue weighted by Crippen LogP contribution is -2.18. The fourth-order valence-electron chi connectivity index (χ4n) is 2.47. The maximum absolute atomic E-state index is 12.3. The Hall–Kier alpha value is -3.52. The third-order valence-electron chi connectivity index (χ3n) is 3.78. The molecule has 0 aliphatic heterocycles. The van der Waals surface area contributed by atoms with Gasteiger partial charge in [-0.1, -0.05) is 30.3 Å². The standard InChI is InChI=1S/C19H15N3O4S/c1-26-18(25)13-9-5-6-10-15(13)20-11-14-16(23)21-19(27)22(17(14)24)12-7-3-2-4-8-12/h2-11,24H,1H3,(H,21,23,27). The Morgan fingerprint density at radius 1 is 1.19 bits per heavy atom. The Morgan fingerprint density at radius 2 is 1.85 bits per heavy atom. The number of benzene rings is 2. The van der Waals surface area contributed by atoms with Crippen LogP contribution in [0.4, 0.5) is 5.69 Å². The van der Waals surface area contributed by atoms with Crippen LogP contribution in [0.5, 0.6) is 5.88 Å². The predicted molar refractivity (Wildman–Crippen MR) is 104 cm³/mol. The van der Waals surface area contributed by atoms with Crippen LogP contribution < -0.4 is 5.56 Å². The molecule has 0 spiro atoms. The fourth-order valence-corrected chi connectivity index (χ4v) is 2.76. The molecule has 2 N–H and O–H groups in total. The van der Waals surface area contributed by atoms with Crippen molar-refractivity contribution in [2.45, 2.75) is 0 Å². The Balaban J connectivity index is 2.12. The predicted octanol–water partition coefficient (Wildman–Crippen LogP) is 3.14. The number of aromatic hydroxyl groups is 1. The van der Waals surface area contributed by atoms with Crippen molar-refractivity contribution in [1.82, 2.24) is 9.55 Å². The summed E-state index contributed by atoms with van der Waals surface area (Å²) in [4.78, 5) is 30.8. The number of methoxy groups -OCH3 is 1. The van der Waals surface area contributed by atoms with E-state index in [4.69, 9.17) is 17.0 Å². The van der Waals surface area contributed by atoms with Gasteiger partial charge in [0.25, 0.3) is 5.56 Å². The summed E-state index contributed by atoms with van der Waals surface area (Å²) in [7, 11) is 1.27. The smallest absolute Gasteiger partial charge is 0.340 e. The van der Waals surface area contributed by atoms with Crippen LogP contribution in [0.15, 0.2) is 64.4 Å². The van der Waals surface area contributed by atoms with Gasteiger partial charge in [0.1, 0.15) is 5.56 Å². The number of rotatable bonds is 4. The maximum Gasteiger partial charge on any atom is 0.340 e. The Kier molecular flexibility index (Phi) is 5.28. The van der Waals surface area contributed by atoms with E-state index in [1.807, 2.05) is 6.07 Å². The number of para-hydroxylation sites is 2. The Bertz CT molecular complexity index is 1130. The maximum atomic E-state index is 12.3. The Labute approximate surface area is 159 Å². The number of esters is 1. The van der Waals surface area contributed by atoms with Crippen molar-refractivity contribution in [2.24, 2.45) is 4.99 Å². The second-order valence-corrected chi connectivity index (χ2v) is 5.82. The number of carbonyl (C=O) groups excluding carboxylic acids is 1. The van der Waals surface area contributed by atoms with Crippen LogP contribution >= 0.6 is 12.2 Å². The molecule has 0 atom stereocenters. The minimum Gasteiger partial charge on any atom is -0.494 e. The zero-order valence-corrected chi connectivity index (χ0v) is 15.1. The van der Waals surface area contributed by atoms with Crippen LogP contribution in [0.1, 0.15) is 15.9 Å². The molecule has 0 fully saturated rings. The minimum absolute atomic E-state index is 0.0517. The molecule has 27 heavy (non-hydrogen) atoms. The summed E-state index contributed by atoms with van der Waals surface area (Å²) in [5.41, 5.74) is 0.441. The van der Waals surface area contributed by atoms with Crippen molar-refractivity contribution in [3.8, 4) is 11.6 Å². The molecule has 0 aliphatic rings. The lowest BCUT2D eigenvalue weighted by atomic mass is 10.2. The van der Waals surface area contributed by atoms with Crippen molar-refractivity contribution in [2.75, 3.05) is 7.11 Å². The van der Waals surface area contributed by atoms with Crippen molar-refractivity contribution in [3.63, 3.8) is 0 Å². The number of nitrogens with one attached hydrogen (secondary N) is 1. The molecule has 0 saturated heterocycles. The van der Waals surface area contributed by atoms with Crippen LogP contribution in [0.2, 0.25) is 0 Å². The lowest BCUT2D eigenvalue weighted by Gasteiger charge is -2.11. The number of H-pyrrole nitrogens is 1. The number of aromatic amines is 1. The highest BCUT2D eigenvalue weighted by molar-refractivity contribution is 7.71. The van der Waals surface area contributed by atoms with Crippen LogP contribution in [0, 0.1) is 4.77 Å². The van der Waals surface area contributed by atoms with Crippen LogP contribution in [0.25, 0.3) is 5.69 Å². The van der Waals surface area contributed by atoms with E-state index in [0.717, 1.165) is 0 Å². The monoisotopic (exact) mass is 381 g/mol. The molecule has 3 rings (SSSR count). The normalized spacial score (nSPS) is 10.9. The van der Waals surface area contributed by atoms with Crippen molar-refractivity contribution in [3.05, 3.63) is 80.8 Å². The van der Waals surface area contributed by atoms with Crippen molar-refractivity contribution in [1.29, 1.82) is 0 Å². The van der Waals surface area contributed by atoms with E-state index < -0.39 is 11.5 Å².